The third-order valence-electron chi connectivity index (χ3n) is 2.46. The van der Waals surface area contributed by atoms with E-state index in [1.807, 2.05) is 0 Å². The topological polar surface area (TPSA) is 37.8 Å². The molecule has 1 N–H and O–H groups in total. The molecular formula is C12H8Cl2F3N3. The zero-order valence-electron chi connectivity index (χ0n) is 9.88. The summed E-state index contributed by atoms with van der Waals surface area (Å²) in [5.74, 6) is 0. The van der Waals surface area contributed by atoms with Gasteiger partial charge in [0, 0.05) is 12.6 Å². The van der Waals surface area contributed by atoms with Crippen molar-refractivity contribution in [1.82, 2.24) is 10.2 Å². The quantitative estimate of drug-likeness (QED) is 0.909. The molecule has 8 heteroatoms. The van der Waals surface area contributed by atoms with Crippen molar-refractivity contribution in [2.24, 2.45) is 0 Å². The normalized spacial score (nSPS) is 11.4. The zero-order valence-corrected chi connectivity index (χ0v) is 11.4. The van der Waals surface area contributed by atoms with Crippen LogP contribution >= 0.6 is 23.2 Å². The summed E-state index contributed by atoms with van der Waals surface area (Å²) < 4.78 is 37.7. The fourth-order valence-electron chi connectivity index (χ4n) is 1.53. The second-order valence-electron chi connectivity index (χ2n) is 3.92. The molecule has 0 saturated carbocycles. The number of anilines is 1. The van der Waals surface area contributed by atoms with Crippen molar-refractivity contribution in [2.45, 2.75) is 12.7 Å². The Morgan fingerprint density at radius 2 is 1.85 bits per heavy atom. The Kier molecular flexibility index (Phi) is 4.35. The fourth-order valence-corrected chi connectivity index (χ4v) is 1.84. The lowest BCUT2D eigenvalue weighted by molar-refractivity contribution is -0.137. The minimum Gasteiger partial charge on any atom is -0.378 e. The van der Waals surface area contributed by atoms with Gasteiger partial charge in [0.15, 0.2) is 10.3 Å². The van der Waals surface area contributed by atoms with Gasteiger partial charge in [-0.05, 0) is 17.7 Å². The molecule has 1 heterocycles. The van der Waals surface area contributed by atoms with Crippen LogP contribution in [0, 0.1) is 0 Å². The van der Waals surface area contributed by atoms with Crippen molar-refractivity contribution < 1.29 is 13.2 Å². The van der Waals surface area contributed by atoms with Crippen LogP contribution in [0.5, 0.6) is 0 Å². The molecule has 0 amide bonds. The number of nitrogens with zero attached hydrogens (tertiary/aromatic N) is 2. The molecule has 0 aliphatic carbocycles. The number of halogens is 5. The van der Waals surface area contributed by atoms with E-state index in [4.69, 9.17) is 23.2 Å². The van der Waals surface area contributed by atoms with Crippen LogP contribution in [0.3, 0.4) is 0 Å². The number of benzene rings is 1. The fraction of sp³-hybridized carbons (Fsp3) is 0.167. The number of hydrogen-bond donors (Lipinski definition) is 1. The molecule has 0 bridgehead atoms. The molecule has 0 radical (unpaired) electrons. The standard InChI is InChI=1S/C12H8Cl2F3N3/c13-10-5-9(11(14)20-19-10)18-6-7-2-1-3-8(4-7)12(15,16)17/h1-5H,6H2,(H,18,19). The van der Waals surface area contributed by atoms with Crippen molar-refractivity contribution in [3.8, 4) is 0 Å². The van der Waals surface area contributed by atoms with Gasteiger partial charge >= 0.3 is 6.18 Å². The van der Waals surface area contributed by atoms with Crippen molar-refractivity contribution in [2.75, 3.05) is 5.32 Å². The summed E-state index contributed by atoms with van der Waals surface area (Å²) in [4.78, 5) is 0. The highest BCUT2D eigenvalue weighted by molar-refractivity contribution is 6.33. The molecule has 0 aliphatic rings. The van der Waals surface area contributed by atoms with Crippen LogP contribution in [-0.2, 0) is 12.7 Å². The van der Waals surface area contributed by atoms with E-state index in [1.165, 1.54) is 12.1 Å². The SMILES string of the molecule is FC(F)(F)c1cccc(CNc2cc(Cl)nnc2Cl)c1. The van der Waals surface area contributed by atoms with Gasteiger partial charge in [-0.15, -0.1) is 10.2 Å². The van der Waals surface area contributed by atoms with E-state index >= 15 is 0 Å². The van der Waals surface area contributed by atoms with Gasteiger partial charge in [-0.1, -0.05) is 35.3 Å². The van der Waals surface area contributed by atoms with Gasteiger partial charge in [-0.3, -0.25) is 0 Å². The molecule has 2 aromatic rings. The molecule has 0 fully saturated rings. The molecule has 0 saturated heterocycles. The summed E-state index contributed by atoms with van der Waals surface area (Å²) in [6.07, 6.45) is -4.37. The summed E-state index contributed by atoms with van der Waals surface area (Å²) in [7, 11) is 0. The maximum atomic E-state index is 12.6. The Morgan fingerprint density at radius 3 is 2.55 bits per heavy atom. The number of alkyl halides is 3. The molecule has 2 rings (SSSR count). The first-order valence-corrected chi connectivity index (χ1v) is 6.20. The van der Waals surface area contributed by atoms with Crippen LogP contribution in [0.15, 0.2) is 30.3 Å². The van der Waals surface area contributed by atoms with Gasteiger partial charge in [-0.2, -0.15) is 13.2 Å². The maximum Gasteiger partial charge on any atom is 0.416 e. The first kappa shape index (κ1) is 14.9. The average Bonchev–Trinajstić information content (AvgIpc) is 2.39. The Balaban J connectivity index is 2.13. The molecule has 0 spiro atoms. The highest BCUT2D eigenvalue weighted by atomic mass is 35.5. The van der Waals surface area contributed by atoms with E-state index in [2.05, 4.69) is 15.5 Å². The minimum atomic E-state index is -4.37. The second-order valence-corrected chi connectivity index (χ2v) is 4.67. The lowest BCUT2D eigenvalue weighted by atomic mass is 10.1. The number of aromatic nitrogens is 2. The maximum absolute atomic E-state index is 12.6. The van der Waals surface area contributed by atoms with Crippen molar-refractivity contribution >= 4 is 28.9 Å². The van der Waals surface area contributed by atoms with E-state index in [9.17, 15) is 13.2 Å². The first-order chi connectivity index (χ1) is 9.36. The van der Waals surface area contributed by atoms with Crippen molar-refractivity contribution in [3.05, 3.63) is 51.8 Å². The molecule has 0 aliphatic heterocycles. The number of nitrogens with one attached hydrogen (secondary N) is 1. The van der Waals surface area contributed by atoms with Crippen molar-refractivity contribution in [1.29, 1.82) is 0 Å². The molecular weight excluding hydrogens is 314 g/mol. The van der Waals surface area contributed by atoms with Gasteiger partial charge in [0.05, 0.1) is 11.3 Å². The van der Waals surface area contributed by atoms with E-state index in [-0.39, 0.29) is 16.9 Å². The predicted octanol–water partition coefficient (Wildman–Crippen LogP) is 4.41. The number of hydrogen-bond acceptors (Lipinski definition) is 3. The predicted molar refractivity (Wildman–Crippen MR) is 70.8 cm³/mol. The number of rotatable bonds is 3. The lowest BCUT2D eigenvalue weighted by Gasteiger charge is -2.10. The molecule has 20 heavy (non-hydrogen) atoms. The van der Waals surface area contributed by atoms with Gasteiger partial charge in [0.2, 0.25) is 0 Å². The van der Waals surface area contributed by atoms with Gasteiger partial charge in [0.25, 0.3) is 0 Å². The van der Waals surface area contributed by atoms with Crippen LogP contribution in [0.4, 0.5) is 18.9 Å². The third kappa shape index (κ3) is 3.74. The van der Waals surface area contributed by atoms with Gasteiger partial charge < -0.3 is 5.32 Å². The van der Waals surface area contributed by atoms with Crippen LogP contribution in [-0.4, -0.2) is 10.2 Å². The summed E-state index contributed by atoms with van der Waals surface area (Å²) in [5, 5.41) is 10.2. The largest absolute Gasteiger partial charge is 0.416 e. The summed E-state index contributed by atoms with van der Waals surface area (Å²) in [6.45, 7) is 0.158. The summed E-state index contributed by atoms with van der Waals surface area (Å²) >= 11 is 11.5. The molecule has 0 unspecified atom stereocenters. The van der Waals surface area contributed by atoms with Crippen LogP contribution in [0.1, 0.15) is 11.1 Å². The monoisotopic (exact) mass is 321 g/mol. The highest BCUT2D eigenvalue weighted by Crippen LogP contribution is 2.30. The average molecular weight is 322 g/mol. The van der Waals surface area contributed by atoms with Crippen molar-refractivity contribution in [3.63, 3.8) is 0 Å². The molecule has 0 atom stereocenters. The van der Waals surface area contributed by atoms with Crippen LogP contribution in [0.25, 0.3) is 0 Å². The van der Waals surface area contributed by atoms with E-state index in [1.54, 1.807) is 6.07 Å². The third-order valence-corrected chi connectivity index (χ3v) is 2.92. The van der Waals surface area contributed by atoms with Crippen LogP contribution in [0.2, 0.25) is 10.3 Å². The summed E-state index contributed by atoms with van der Waals surface area (Å²) in [5.41, 5.74) is 0.168. The van der Waals surface area contributed by atoms with E-state index in [0.717, 1.165) is 12.1 Å². The Morgan fingerprint density at radius 1 is 1.10 bits per heavy atom. The second kappa shape index (κ2) is 5.85. The smallest absolute Gasteiger partial charge is 0.378 e. The molecule has 1 aromatic heterocycles. The molecule has 106 valence electrons. The Bertz CT molecular complexity index is 617. The van der Waals surface area contributed by atoms with Crippen LogP contribution < -0.4 is 5.32 Å². The first-order valence-electron chi connectivity index (χ1n) is 5.45. The minimum absolute atomic E-state index is 0.0985. The Labute approximate surface area is 122 Å². The lowest BCUT2D eigenvalue weighted by Crippen LogP contribution is -2.07. The van der Waals surface area contributed by atoms with Gasteiger partial charge in [0.1, 0.15) is 0 Å². The Hall–Kier alpha value is -1.53. The van der Waals surface area contributed by atoms with E-state index < -0.39 is 11.7 Å². The summed E-state index contributed by atoms with van der Waals surface area (Å²) in [6, 6.07) is 6.45. The van der Waals surface area contributed by atoms with E-state index in [0.29, 0.717) is 11.3 Å². The zero-order chi connectivity index (χ0) is 14.8. The highest BCUT2D eigenvalue weighted by Gasteiger charge is 2.30. The molecule has 1 aromatic carbocycles. The van der Waals surface area contributed by atoms with Gasteiger partial charge in [-0.25, -0.2) is 0 Å². The molecule has 3 nitrogen and oxygen atoms in total.